The van der Waals surface area contributed by atoms with Crippen molar-refractivity contribution < 1.29 is 13.2 Å². The Morgan fingerprint density at radius 3 is 2.71 bits per heavy atom. The van der Waals surface area contributed by atoms with E-state index in [0.717, 1.165) is 12.0 Å². The fraction of sp³-hybridized carbons (Fsp3) is 0.800. The summed E-state index contributed by atoms with van der Waals surface area (Å²) in [6.07, 6.45) is 1.97. The molecule has 0 aromatic heterocycles. The first kappa shape index (κ1) is 11.7. The van der Waals surface area contributed by atoms with E-state index >= 15 is 0 Å². The molecule has 14 heavy (non-hydrogen) atoms. The van der Waals surface area contributed by atoms with Crippen molar-refractivity contribution >= 4 is 9.84 Å². The lowest BCUT2D eigenvalue weighted by molar-refractivity contribution is 0.111. The minimum Gasteiger partial charge on any atom is -0.377 e. The molecule has 0 saturated heterocycles. The van der Waals surface area contributed by atoms with Crippen LogP contribution in [0.4, 0.5) is 0 Å². The van der Waals surface area contributed by atoms with Gasteiger partial charge < -0.3 is 4.74 Å². The fourth-order valence-electron chi connectivity index (χ4n) is 1.86. The van der Waals surface area contributed by atoms with Gasteiger partial charge in [0.2, 0.25) is 0 Å². The topological polar surface area (TPSA) is 43.4 Å². The molecule has 0 aromatic rings. The zero-order valence-corrected chi connectivity index (χ0v) is 9.64. The monoisotopic (exact) mass is 218 g/mol. The Morgan fingerprint density at radius 2 is 2.21 bits per heavy atom. The number of hydrogen-bond donors (Lipinski definition) is 0. The van der Waals surface area contributed by atoms with Gasteiger partial charge in [-0.2, -0.15) is 0 Å². The van der Waals surface area contributed by atoms with Crippen LogP contribution in [0.2, 0.25) is 0 Å². The third-order valence-electron chi connectivity index (χ3n) is 2.91. The second kappa shape index (κ2) is 4.45. The van der Waals surface area contributed by atoms with Crippen molar-refractivity contribution in [2.45, 2.75) is 37.5 Å². The molecule has 2 unspecified atom stereocenters. The number of hydrogen-bond acceptors (Lipinski definition) is 3. The summed E-state index contributed by atoms with van der Waals surface area (Å²) in [4.78, 5) is 0. The molecule has 3 nitrogen and oxygen atoms in total. The summed E-state index contributed by atoms with van der Waals surface area (Å²) in [5, 5.41) is -0.233. The zero-order chi connectivity index (χ0) is 10.8. The third-order valence-corrected chi connectivity index (χ3v) is 5.16. The molecule has 0 amide bonds. The molecule has 0 heterocycles. The molecule has 0 bridgehead atoms. The van der Waals surface area contributed by atoms with Crippen molar-refractivity contribution in [3.8, 4) is 0 Å². The van der Waals surface area contributed by atoms with Gasteiger partial charge in [-0.3, -0.25) is 0 Å². The van der Waals surface area contributed by atoms with Gasteiger partial charge in [0.1, 0.15) is 0 Å². The fourth-order valence-corrected chi connectivity index (χ4v) is 3.27. The van der Waals surface area contributed by atoms with Crippen LogP contribution >= 0.6 is 0 Å². The predicted octanol–water partition coefficient (Wildman–Crippen LogP) is 1.54. The van der Waals surface area contributed by atoms with Gasteiger partial charge in [-0.25, -0.2) is 8.42 Å². The molecule has 4 heteroatoms. The standard InChI is InChI=1S/C10H18O3S/c1-4-14(11,12)9-6-5-8(2)10(7-9)13-3/h9-10H,2,4-7H2,1,3H3. The summed E-state index contributed by atoms with van der Waals surface area (Å²) in [6.45, 7) is 5.58. The van der Waals surface area contributed by atoms with Crippen LogP contribution in [0, 0.1) is 0 Å². The zero-order valence-electron chi connectivity index (χ0n) is 8.82. The van der Waals surface area contributed by atoms with Crippen molar-refractivity contribution in [1.29, 1.82) is 0 Å². The Labute approximate surface area is 86.1 Å². The molecule has 1 aliphatic rings. The van der Waals surface area contributed by atoms with E-state index in [1.165, 1.54) is 0 Å². The molecule has 1 rings (SSSR count). The van der Waals surface area contributed by atoms with E-state index in [-0.39, 0.29) is 17.1 Å². The average Bonchev–Trinajstić information content (AvgIpc) is 2.18. The molecule has 1 aliphatic carbocycles. The Balaban J connectivity index is 2.73. The molecule has 0 radical (unpaired) electrons. The van der Waals surface area contributed by atoms with Crippen molar-refractivity contribution in [2.24, 2.45) is 0 Å². The third kappa shape index (κ3) is 2.36. The van der Waals surface area contributed by atoms with Crippen LogP contribution in [0.15, 0.2) is 12.2 Å². The van der Waals surface area contributed by atoms with Crippen LogP contribution < -0.4 is 0 Å². The van der Waals surface area contributed by atoms with Gasteiger partial charge in [-0.15, -0.1) is 0 Å². The minimum atomic E-state index is -2.91. The van der Waals surface area contributed by atoms with Crippen molar-refractivity contribution in [2.75, 3.05) is 12.9 Å². The van der Waals surface area contributed by atoms with Crippen LogP contribution in [0.5, 0.6) is 0 Å². The summed E-state index contributed by atoms with van der Waals surface area (Å²) in [6, 6.07) is 0. The summed E-state index contributed by atoms with van der Waals surface area (Å²) < 4.78 is 28.5. The lowest BCUT2D eigenvalue weighted by Crippen LogP contribution is -2.33. The van der Waals surface area contributed by atoms with E-state index in [1.807, 2.05) is 0 Å². The first-order valence-electron chi connectivity index (χ1n) is 4.93. The normalized spacial score (nSPS) is 29.1. The molecular weight excluding hydrogens is 200 g/mol. The van der Waals surface area contributed by atoms with E-state index in [0.29, 0.717) is 12.8 Å². The van der Waals surface area contributed by atoms with Crippen LogP contribution in [-0.4, -0.2) is 32.6 Å². The first-order chi connectivity index (χ1) is 6.51. The summed E-state index contributed by atoms with van der Waals surface area (Å²) in [7, 11) is -1.30. The Morgan fingerprint density at radius 1 is 1.57 bits per heavy atom. The second-order valence-electron chi connectivity index (χ2n) is 3.73. The van der Waals surface area contributed by atoms with Gasteiger partial charge in [-0.1, -0.05) is 13.5 Å². The molecule has 0 aromatic carbocycles. The van der Waals surface area contributed by atoms with Gasteiger partial charge in [-0.05, 0) is 24.8 Å². The predicted molar refractivity (Wildman–Crippen MR) is 57.0 cm³/mol. The molecule has 0 N–H and O–H groups in total. The molecule has 2 atom stereocenters. The van der Waals surface area contributed by atoms with Crippen LogP contribution in [0.1, 0.15) is 26.2 Å². The molecular formula is C10H18O3S. The highest BCUT2D eigenvalue weighted by atomic mass is 32.2. The SMILES string of the molecule is C=C1CCC(S(=O)(=O)CC)CC1OC. The smallest absolute Gasteiger partial charge is 0.153 e. The maximum Gasteiger partial charge on any atom is 0.153 e. The molecule has 1 fully saturated rings. The van der Waals surface area contributed by atoms with Crippen LogP contribution in [0.25, 0.3) is 0 Å². The number of rotatable bonds is 3. The molecule has 0 spiro atoms. The van der Waals surface area contributed by atoms with Crippen LogP contribution in [0.3, 0.4) is 0 Å². The Hall–Kier alpha value is -0.350. The van der Waals surface area contributed by atoms with Gasteiger partial charge in [0.05, 0.1) is 11.4 Å². The largest absolute Gasteiger partial charge is 0.377 e. The number of ether oxygens (including phenoxy) is 1. The van der Waals surface area contributed by atoms with E-state index < -0.39 is 9.84 Å². The second-order valence-corrected chi connectivity index (χ2v) is 6.30. The van der Waals surface area contributed by atoms with E-state index in [4.69, 9.17) is 4.74 Å². The van der Waals surface area contributed by atoms with Gasteiger partial charge >= 0.3 is 0 Å². The van der Waals surface area contributed by atoms with Gasteiger partial charge in [0.25, 0.3) is 0 Å². The van der Waals surface area contributed by atoms with Crippen molar-refractivity contribution in [3.05, 3.63) is 12.2 Å². The molecule has 82 valence electrons. The van der Waals surface area contributed by atoms with Crippen LogP contribution in [-0.2, 0) is 14.6 Å². The lowest BCUT2D eigenvalue weighted by Gasteiger charge is -2.29. The highest BCUT2D eigenvalue weighted by molar-refractivity contribution is 7.92. The Bertz CT molecular complexity index is 305. The average molecular weight is 218 g/mol. The minimum absolute atomic E-state index is 0.0740. The molecule has 0 aliphatic heterocycles. The lowest BCUT2D eigenvalue weighted by atomic mass is 9.93. The van der Waals surface area contributed by atoms with Gasteiger partial charge in [0, 0.05) is 12.9 Å². The first-order valence-corrected chi connectivity index (χ1v) is 6.64. The van der Waals surface area contributed by atoms with Gasteiger partial charge in [0.15, 0.2) is 9.84 Å². The van der Waals surface area contributed by atoms with E-state index in [2.05, 4.69) is 6.58 Å². The highest BCUT2D eigenvalue weighted by Crippen LogP contribution is 2.29. The quantitative estimate of drug-likeness (QED) is 0.675. The summed E-state index contributed by atoms with van der Waals surface area (Å²) in [5.41, 5.74) is 1.02. The Kier molecular flexibility index (Phi) is 3.72. The van der Waals surface area contributed by atoms with Crippen molar-refractivity contribution in [1.82, 2.24) is 0 Å². The number of sulfone groups is 1. The maximum absolute atomic E-state index is 11.6. The van der Waals surface area contributed by atoms with Crippen molar-refractivity contribution in [3.63, 3.8) is 0 Å². The molecule has 1 saturated carbocycles. The highest BCUT2D eigenvalue weighted by Gasteiger charge is 2.32. The maximum atomic E-state index is 11.6. The summed E-state index contributed by atoms with van der Waals surface area (Å²) in [5.74, 6) is 0.223. The summed E-state index contributed by atoms with van der Waals surface area (Å²) >= 11 is 0. The van der Waals surface area contributed by atoms with E-state index in [1.54, 1.807) is 14.0 Å². The van der Waals surface area contributed by atoms with E-state index in [9.17, 15) is 8.42 Å². The number of methoxy groups -OCH3 is 1.